The van der Waals surface area contributed by atoms with Crippen LogP contribution in [0.1, 0.15) is 113 Å². The number of aliphatic hydroxyl groups excluding tert-OH is 1. The maximum absolute atomic E-state index is 11.7. The Kier molecular flexibility index (Phi) is 7.34. The Bertz CT molecular complexity index is 780. The summed E-state index contributed by atoms with van der Waals surface area (Å²) in [5.41, 5.74) is 4.74. The van der Waals surface area contributed by atoms with Crippen molar-refractivity contribution in [1.29, 1.82) is 0 Å². The zero-order valence-electron chi connectivity index (χ0n) is 22.4. The molecule has 0 aromatic carbocycles. The van der Waals surface area contributed by atoms with Gasteiger partial charge in [-0.15, -0.1) is 0 Å². The van der Waals surface area contributed by atoms with Crippen LogP contribution in [0.2, 0.25) is 16.6 Å². The first kappa shape index (κ1) is 25.8. The van der Waals surface area contributed by atoms with E-state index >= 15 is 0 Å². The van der Waals surface area contributed by atoms with Crippen molar-refractivity contribution < 1.29 is 9.52 Å². The van der Waals surface area contributed by atoms with Crippen molar-refractivity contribution in [2.45, 2.75) is 124 Å². The number of fused-ring (bicyclic) bond motifs is 1. The van der Waals surface area contributed by atoms with Crippen molar-refractivity contribution in [2.24, 2.45) is 22.7 Å². The molecule has 2 saturated carbocycles. The average molecular weight is 459 g/mol. The molecule has 3 heteroatoms. The van der Waals surface area contributed by atoms with Crippen molar-refractivity contribution in [2.75, 3.05) is 0 Å². The van der Waals surface area contributed by atoms with Crippen LogP contribution < -0.4 is 5.38 Å². The van der Waals surface area contributed by atoms with Crippen molar-refractivity contribution in [3.63, 3.8) is 0 Å². The van der Waals surface area contributed by atoms with Crippen LogP contribution in [0.15, 0.2) is 28.9 Å². The molecule has 0 radical (unpaired) electrons. The van der Waals surface area contributed by atoms with Gasteiger partial charge in [0.05, 0.1) is 17.8 Å². The minimum Gasteiger partial charge on any atom is -0.474 e. The summed E-state index contributed by atoms with van der Waals surface area (Å²) in [6.45, 7) is 26.2. The summed E-state index contributed by atoms with van der Waals surface area (Å²) in [6.07, 6.45) is 8.40. The van der Waals surface area contributed by atoms with Gasteiger partial charge in [0, 0.05) is 5.56 Å². The quantitative estimate of drug-likeness (QED) is 0.329. The van der Waals surface area contributed by atoms with Crippen LogP contribution >= 0.6 is 0 Å². The summed E-state index contributed by atoms with van der Waals surface area (Å²) in [7, 11) is -1.97. The smallest absolute Gasteiger partial charge is 0.140 e. The van der Waals surface area contributed by atoms with Crippen molar-refractivity contribution in [1.82, 2.24) is 0 Å². The minimum absolute atomic E-state index is 0.241. The summed E-state index contributed by atoms with van der Waals surface area (Å²) in [5.74, 6) is 1.09. The zero-order chi connectivity index (χ0) is 24.1. The summed E-state index contributed by atoms with van der Waals surface area (Å²) in [5, 5.41) is 12.9. The van der Waals surface area contributed by atoms with Gasteiger partial charge in [-0.25, -0.2) is 0 Å². The Morgan fingerprint density at radius 3 is 2.22 bits per heavy atom. The predicted octanol–water partition coefficient (Wildman–Crippen LogP) is 8.39. The molecular weight excluding hydrogens is 408 g/mol. The topological polar surface area (TPSA) is 33.4 Å². The summed E-state index contributed by atoms with van der Waals surface area (Å²) in [6, 6.07) is 2.07. The molecule has 0 saturated heterocycles. The Labute approximate surface area is 199 Å². The van der Waals surface area contributed by atoms with Gasteiger partial charge >= 0.3 is 0 Å². The van der Waals surface area contributed by atoms with E-state index in [0.717, 1.165) is 23.8 Å². The fourth-order valence-corrected chi connectivity index (χ4v) is 15.4. The molecule has 0 bridgehead atoms. The lowest BCUT2D eigenvalue weighted by atomic mass is 9.47. The molecule has 2 aliphatic carbocycles. The normalized spacial score (nSPS) is 29.6. The van der Waals surface area contributed by atoms with E-state index < -0.39 is 14.2 Å². The summed E-state index contributed by atoms with van der Waals surface area (Å²) in [4.78, 5) is 0. The zero-order valence-corrected chi connectivity index (χ0v) is 23.4. The van der Waals surface area contributed by atoms with Crippen molar-refractivity contribution in [3.05, 3.63) is 30.0 Å². The SMILES string of the molecule is C=C1CC[C@H]2C(C)(C)CCC[C@]2(C)[C@H]1C[C@@H](O)c1ccoc1[Si](C(C)C)(C(C)C)C(C)C. The van der Waals surface area contributed by atoms with E-state index in [1.807, 2.05) is 6.26 Å². The van der Waals surface area contributed by atoms with Crippen molar-refractivity contribution >= 4 is 13.5 Å². The van der Waals surface area contributed by atoms with Gasteiger partial charge in [-0.1, -0.05) is 80.9 Å². The fourth-order valence-electron chi connectivity index (χ4n) is 8.78. The second-order valence-electron chi connectivity index (χ2n) is 13.0. The van der Waals surface area contributed by atoms with E-state index in [4.69, 9.17) is 4.42 Å². The lowest BCUT2D eigenvalue weighted by Crippen LogP contribution is -2.56. The van der Waals surface area contributed by atoms with Gasteiger partial charge in [0.1, 0.15) is 8.07 Å². The summed E-state index contributed by atoms with van der Waals surface area (Å²) < 4.78 is 6.30. The molecule has 182 valence electrons. The molecule has 1 aromatic heterocycles. The van der Waals surface area contributed by atoms with Crippen LogP contribution in [-0.4, -0.2) is 13.2 Å². The standard InChI is InChI=1S/C29H50O2Si/c1-19(2)32(20(3)4,21(5)6)27-23(14-17-31-27)25(30)18-24-22(7)12-13-26-28(8,9)15-11-16-29(24,26)10/h14,17,19-21,24-26,30H,7,11-13,15-16,18H2,1-6,8-10H3/t24-,25+,26-,29+/m0/s1. The highest BCUT2D eigenvalue weighted by Crippen LogP contribution is 2.62. The molecule has 4 atom stereocenters. The van der Waals surface area contributed by atoms with E-state index in [-0.39, 0.29) is 5.41 Å². The number of hydrogen-bond acceptors (Lipinski definition) is 2. The van der Waals surface area contributed by atoms with Crippen molar-refractivity contribution in [3.8, 4) is 0 Å². The molecular formula is C29H50O2Si. The van der Waals surface area contributed by atoms with Crippen LogP contribution in [0.5, 0.6) is 0 Å². The lowest BCUT2D eigenvalue weighted by molar-refractivity contribution is -0.0637. The van der Waals surface area contributed by atoms with E-state index in [9.17, 15) is 5.11 Å². The molecule has 2 nitrogen and oxygen atoms in total. The first-order valence-corrected chi connectivity index (χ1v) is 15.5. The van der Waals surface area contributed by atoms with Gasteiger partial charge < -0.3 is 9.52 Å². The first-order valence-electron chi connectivity index (χ1n) is 13.2. The number of furan rings is 1. The third kappa shape index (κ3) is 4.00. The Morgan fingerprint density at radius 1 is 1.06 bits per heavy atom. The molecule has 1 N–H and O–H groups in total. The maximum atomic E-state index is 11.7. The van der Waals surface area contributed by atoms with Crippen LogP contribution in [-0.2, 0) is 0 Å². The summed E-state index contributed by atoms with van der Waals surface area (Å²) >= 11 is 0. The fraction of sp³-hybridized carbons (Fsp3) is 0.793. The van der Waals surface area contributed by atoms with E-state index in [2.05, 4.69) is 75.0 Å². The first-order chi connectivity index (χ1) is 14.8. The monoisotopic (exact) mass is 458 g/mol. The largest absolute Gasteiger partial charge is 0.474 e. The number of hydrogen-bond donors (Lipinski definition) is 1. The number of rotatable bonds is 7. The highest BCUT2D eigenvalue weighted by Gasteiger charge is 2.54. The average Bonchev–Trinajstić information content (AvgIpc) is 3.13. The van der Waals surface area contributed by atoms with Gasteiger partial charge in [0.2, 0.25) is 0 Å². The third-order valence-electron chi connectivity index (χ3n) is 10.1. The van der Waals surface area contributed by atoms with Gasteiger partial charge in [-0.3, -0.25) is 0 Å². The second kappa shape index (κ2) is 9.10. The van der Waals surface area contributed by atoms with Crippen LogP contribution in [0.4, 0.5) is 0 Å². The Hall–Kier alpha value is -0.803. The minimum atomic E-state index is -1.97. The molecule has 0 amide bonds. The molecule has 0 aliphatic heterocycles. The Balaban J connectivity index is 1.97. The van der Waals surface area contributed by atoms with E-state index in [1.54, 1.807) is 0 Å². The van der Waals surface area contributed by atoms with Crippen LogP contribution in [0.3, 0.4) is 0 Å². The van der Waals surface area contributed by atoms with E-state index in [1.165, 1.54) is 31.3 Å². The van der Waals surface area contributed by atoms with Crippen LogP contribution in [0, 0.1) is 22.7 Å². The molecule has 0 unspecified atom stereocenters. The third-order valence-corrected chi connectivity index (χ3v) is 17.0. The highest BCUT2D eigenvalue weighted by molar-refractivity contribution is 6.94. The molecule has 1 aromatic rings. The molecule has 2 aliphatic rings. The predicted molar refractivity (Wildman–Crippen MR) is 140 cm³/mol. The Morgan fingerprint density at radius 2 is 1.66 bits per heavy atom. The van der Waals surface area contributed by atoms with Gasteiger partial charge in [0.25, 0.3) is 0 Å². The molecule has 1 heterocycles. The molecule has 0 spiro atoms. The number of allylic oxidation sites excluding steroid dienone is 1. The van der Waals surface area contributed by atoms with E-state index in [0.29, 0.717) is 33.9 Å². The molecule has 3 rings (SSSR count). The molecule has 32 heavy (non-hydrogen) atoms. The van der Waals surface area contributed by atoms with Gasteiger partial charge in [-0.2, -0.15) is 0 Å². The van der Waals surface area contributed by atoms with Gasteiger partial charge in [0.15, 0.2) is 0 Å². The lowest BCUT2D eigenvalue weighted by Gasteiger charge is -2.58. The molecule has 2 fully saturated rings. The van der Waals surface area contributed by atoms with Crippen LogP contribution in [0.25, 0.3) is 0 Å². The van der Waals surface area contributed by atoms with Gasteiger partial charge in [-0.05, 0) is 77.5 Å². The second-order valence-corrected chi connectivity index (χ2v) is 18.8. The maximum Gasteiger partial charge on any atom is 0.140 e. The number of aliphatic hydroxyl groups is 1. The highest BCUT2D eigenvalue weighted by atomic mass is 28.3.